The van der Waals surface area contributed by atoms with Crippen LogP contribution in [0, 0.1) is 0 Å². The van der Waals surface area contributed by atoms with Gasteiger partial charge in [-0.2, -0.15) is 0 Å². The molecule has 1 aliphatic heterocycles. The number of hydrogen-bond donors (Lipinski definition) is 2. The first kappa shape index (κ1) is 10.3. The second kappa shape index (κ2) is 4.08. The lowest BCUT2D eigenvalue weighted by atomic mass is 9.98. The number of hydrogen-bond acceptors (Lipinski definition) is 4. The molecule has 0 aromatic heterocycles. The van der Waals surface area contributed by atoms with E-state index in [2.05, 4.69) is 5.32 Å². The molecule has 1 heterocycles. The Hall–Kier alpha value is -1.26. The Morgan fingerprint density at radius 2 is 1.93 bits per heavy atom. The number of rotatable bonds is 2. The van der Waals surface area contributed by atoms with Gasteiger partial charge in [-0.25, -0.2) is 0 Å². The molecule has 82 valence electrons. The Bertz CT molecular complexity index is 365. The smallest absolute Gasteiger partial charge is 0.161 e. The third kappa shape index (κ3) is 1.78. The summed E-state index contributed by atoms with van der Waals surface area (Å²) in [5, 5.41) is 12.9. The summed E-state index contributed by atoms with van der Waals surface area (Å²) in [7, 11) is 3.20. The average molecular weight is 209 g/mol. The van der Waals surface area contributed by atoms with Crippen LogP contribution in [0.1, 0.15) is 17.2 Å². The SMILES string of the molecule is COc1cc2c(cc1OC)C(O)CNC2. The third-order valence-corrected chi connectivity index (χ3v) is 2.66. The fourth-order valence-electron chi connectivity index (χ4n) is 1.85. The van der Waals surface area contributed by atoms with Crippen molar-refractivity contribution in [3.63, 3.8) is 0 Å². The summed E-state index contributed by atoms with van der Waals surface area (Å²) in [5.74, 6) is 1.37. The Morgan fingerprint density at radius 3 is 2.60 bits per heavy atom. The molecule has 4 nitrogen and oxygen atoms in total. The highest BCUT2D eigenvalue weighted by atomic mass is 16.5. The minimum absolute atomic E-state index is 0.464. The van der Waals surface area contributed by atoms with E-state index in [1.165, 1.54) is 0 Å². The lowest BCUT2D eigenvalue weighted by Crippen LogP contribution is -2.28. The number of aliphatic hydroxyl groups excluding tert-OH is 1. The zero-order chi connectivity index (χ0) is 10.8. The van der Waals surface area contributed by atoms with Crippen LogP contribution in [-0.2, 0) is 6.54 Å². The van der Waals surface area contributed by atoms with Gasteiger partial charge in [-0.05, 0) is 23.3 Å². The van der Waals surface area contributed by atoms with Crippen LogP contribution >= 0.6 is 0 Å². The Morgan fingerprint density at radius 1 is 1.27 bits per heavy atom. The average Bonchev–Trinajstić information content (AvgIpc) is 2.28. The predicted molar refractivity (Wildman–Crippen MR) is 56.2 cm³/mol. The van der Waals surface area contributed by atoms with E-state index in [1.807, 2.05) is 12.1 Å². The summed E-state index contributed by atoms with van der Waals surface area (Å²) in [6.07, 6.45) is -0.464. The molecular formula is C11H15NO3. The molecule has 1 aliphatic rings. The highest BCUT2D eigenvalue weighted by molar-refractivity contribution is 5.48. The maximum Gasteiger partial charge on any atom is 0.161 e. The van der Waals surface area contributed by atoms with Gasteiger partial charge in [-0.15, -0.1) is 0 Å². The number of fused-ring (bicyclic) bond motifs is 1. The van der Waals surface area contributed by atoms with E-state index >= 15 is 0 Å². The normalized spacial score (nSPS) is 19.5. The van der Waals surface area contributed by atoms with Crippen molar-refractivity contribution in [3.8, 4) is 11.5 Å². The maximum absolute atomic E-state index is 9.79. The van der Waals surface area contributed by atoms with E-state index in [-0.39, 0.29) is 0 Å². The maximum atomic E-state index is 9.79. The van der Waals surface area contributed by atoms with Crippen LogP contribution in [0.2, 0.25) is 0 Å². The molecule has 1 unspecified atom stereocenters. The van der Waals surface area contributed by atoms with Crippen LogP contribution in [-0.4, -0.2) is 25.9 Å². The van der Waals surface area contributed by atoms with Gasteiger partial charge in [0, 0.05) is 13.1 Å². The number of aliphatic hydroxyl groups is 1. The minimum Gasteiger partial charge on any atom is -0.493 e. The van der Waals surface area contributed by atoms with Crippen molar-refractivity contribution in [1.82, 2.24) is 5.32 Å². The summed E-state index contributed by atoms with van der Waals surface area (Å²) in [6, 6.07) is 3.75. The molecule has 2 rings (SSSR count). The van der Waals surface area contributed by atoms with E-state index in [0.29, 0.717) is 18.0 Å². The number of β-amino-alcohol motifs (C(OH)–C–C–N with tert-alkyl or cyclic N) is 1. The second-order valence-corrected chi connectivity index (χ2v) is 3.55. The molecule has 0 saturated heterocycles. The molecule has 0 fully saturated rings. The van der Waals surface area contributed by atoms with Gasteiger partial charge in [0.1, 0.15) is 0 Å². The first-order valence-corrected chi connectivity index (χ1v) is 4.90. The van der Waals surface area contributed by atoms with Gasteiger partial charge in [0.2, 0.25) is 0 Å². The quantitative estimate of drug-likeness (QED) is 0.758. The fourth-order valence-corrected chi connectivity index (χ4v) is 1.85. The number of benzene rings is 1. The molecule has 0 aliphatic carbocycles. The monoisotopic (exact) mass is 209 g/mol. The molecule has 4 heteroatoms. The van der Waals surface area contributed by atoms with Gasteiger partial charge in [0.05, 0.1) is 20.3 Å². The van der Waals surface area contributed by atoms with Gasteiger partial charge < -0.3 is 19.9 Å². The minimum atomic E-state index is -0.464. The van der Waals surface area contributed by atoms with E-state index in [9.17, 15) is 5.11 Å². The van der Waals surface area contributed by atoms with Crippen molar-refractivity contribution in [3.05, 3.63) is 23.3 Å². The lowest BCUT2D eigenvalue weighted by Gasteiger charge is -2.23. The lowest BCUT2D eigenvalue weighted by molar-refractivity contribution is 0.164. The summed E-state index contributed by atoms with van der Waals surface area (Å²) in [6.45, 7) is 1.34. The first-order chi connectivity index (χ1) is 7.26. The van der Waals surface area contributed by atoms with E-state index < -0.39 is 6.10 Å². The number of nitrogens with one attached hydrogen (secondary N) is 1. The fraction of sp³-hybridized carbons (Fsp3) is 0.455. The second-order valence-electron chi connectivity index (χ2n) is 3.55. The van der Waals surface area contributed by atoms with Crippen LogP contribution in [0.25, 0.3) is 0 Å². The Kier molecular flexibility index (Phi) is 2.79. The molecular weight excluding hydrogens is 194 g/mol. The molecule has 0 spiro atoms. The zero-order valence-corrected chi connectivity index (χ0v) is 8.91. The van der Waals surface area contributed by atoms with Crippen molar-refractivity contribution >= 4 is 0 Å². The molecule has 15 heavy (non-hydrogen) atoms. The molecule has 2 N–H and O–H groups in total. The van der Waals surface area contributed by atoms with Crippen molar-refractivity contribution < 1.29 is 14.6 Å². The number of ether oxygens (including phenoxy) is 2. The molecule has 1 aromatic rings. The molecule has 1 aromatic carbocycles. The number of methoxy groups -OCH3 is 2. The molecule has 0 amide bonds. The van der Waals surface area contributed by atoms with E-state index in [0.717, 1.165) is 17.7 Å². The van der Waals surface area contributed by atoms with Gasteiger partial charge in [0.25, 0.3) is 0 Å². The van der Waals surface area contributed by atoms with E-state index in [1.54, 1.807) is 14.2 Å². The third-order valence-electron chi connectivity index (χ3n) is 2.66. The summed E-state index contributed by atoms with van der Waals surface area (Å²) in [4.78, 5) is 0. The Labute approximate surface area is 88.8 Å². The summed E-state index contributed by atoms with van der Waals surface area (Å²) in [5.41, 5.74) is 1.98. The van der Waals surface area contributed by atoms with Gasteiger partial charge in [0.15, 0.2) is 11.5 Å². The molecule has 1 atom stereocenters. The van der Waals surface area contributed by atoms with Crippen LogP contribution < -0.4 is 14.8 Å². The van der Waals surface area contributed by atoms with Crippen molar-refractivity contribution in [1.29, 1.82) is 0 Å². The van der Waals surface area contributed by atoms with Crippen LogP contribution in [0.3, 0.4) is 0 Å². The zero-order valence-electron chi connectivity index (χ0n) is 8.91. The highest BCUT2D eigenvalue weighted by Gasteiger charge is 2.20. The first-order valence-electron chi connectivity index (χ1n) is 4.90. The summed E-state index contributed by atoms with van der Waals surface area (Å²) < 4.78 is 10.4. The summed E-state index contributed by atoms with van der Waals surface area (Å²) >= 11 is 0. The highest BCUT2D eigenvalue weighted by Crippen LogP contribution is 2.34. The molecule has 0 bridgehead atoms. The van der Waals surface area contributed by atoms with Gasteiger partial charge >= 0.3 is 0 Å². The van der Waals surface area contributed by atoms with E-state index in [4.69, 9.17) is 9.47 Å². The van der Waals surface area contributed by atoms with Crippen molar-refractivity contribution in [2.75, 3.05) is 20.8 Å². The largest absolute Gasteiger partial charge is 0.493 e. The van der Waals surface area contributed by atoms with Crippen LogP contribution in [0.4, 0.5) is 0 Å². The predicted octanol–water partition coefficient (Wildman–Crippen LogP) is 0.840. The molecule has 0 saturated carbocycles. The van der Waals surface area contributed by atoms with Gasteiger partial charge in [-0.1, -0.05) is 0 Å². The standard InChI is InChI=1S/C11H15NO3/c1-14-10-3-7-5-12-6-9(13)8(7)4-11(10)15-2/h3-4,9,12-13H,5-6H2,1-2H3. The van der Waals surface area contributed by atoms with Crippen molar-refractivity contribution in [2.24, 2.45) is 0 Å². The van der Waals surface area contributed by atoms with Gasteiger partial charge in [-0.3, -0.25) is 0 Å². The topological polar surface area (TPSA) is 50.7 Å². The van der Waals surface area contributed by atoms with Crippen LogP contribution in [0.15, 0.2) is 12.1 Å². The Balaban J connectivity index is 2.48. The van der Waals surface area contributed by atoms with Crippen molar-refractivity contribution in [2.45, 2.75) is 12.6 Å². The van der Waals surface area contributed by atoms with Crippen LogP contribution in [0.5, 0.6) is 11.5 Å². The molecule has 0 radical (unpaired) electrons.